The molecule has 1 aliphatic rings. The van der Waals surface area contributed by atoms with Crippen LogP contribution in [0.15, 0.2) is 60.2 Å². The Kier molecular flexibility index (Phi) is 12.1. The highest BCUT2D eigenvalue weighted by Gasteiger charge is 2.13. The first-order valence-electron chi connectivity index (χ1n) is 11.6. The van der Waals surface area contributed by atoms with E-state index in [0.29, 0.717) is 5.92 Å². The van der Waals surface area contributed by atoms with Crippen LogP contribution in [0.2, 0.25) is 0 Å². The van der Waals surface area contributed by atoms with Crippen LogP contribution in [0, 0.1) is 32.6 Å². The summed E-state index contributed by atoms with van der Waals surface area (Å²) >= 11 is 3.83. The number of terminal acetylenes is 1. The van der Waals surface area contributed by atoms with E-state index in [4.69, 9.17) is 0 Å². The second kappa shape index (κ2) is 14.2. The van der Waals surface area contributed by atoms with Gasteiger partial charge >= 0.3 is 0 Å². The predicted molar refractivity (Wildman–Crippen MR) is 159 cm³/mol. The Morgan fingerprint density at radius 1 is 1.06 bits per heavy atom. The first-order valence-corrected chi connectivity index (χ1v) is 12.2. The maximum absolute atomic E-state index is 4.00. The summed E-state index contributed by atoms with van der Waals surface area (Å²) in [6.45, 7) is 12.9. The predicted octanol–water partition coefficient (Wildman–Crippen LogP) is 7.46. The molecule has 1 aromatic heterocycles. The van der Waals surface area contributed by atoms with Crippen molar-refractivity contribution in [3.05, 3.63) is 81.9 Å². The largest absolute Gasteiger partial charge is 0.344 e. The molecule has 1 heterocycles. The standard InChI is InChI=1S/C22H23N.C7H12.C2H2.CH2S/c1-14-9-10-21-19(11-14)20-12-16(3)18(13-22(20)23(21)4)17-8-6-5-7-15(17)2;1-4-6-7(3)5-2;2*1-2/h5-8,10-14H,9H2,1-4H3;4-6H,1-3H3;1-2H;1H2/b;6-4-,7-5-;;. The van der Waals surface area contributed by atoms with Crippen LogP contribution in [-0.4, -0.2) is 10.4 Å². The van der Waals surface area contributed by atoms with Gasteiger partial charge in [0.05, 0.1) is 0 Å². The van der Waals surface area contributed by atoms with E-state index in [1.54, 1.807) is 0 Å². The van der Waals surface area contributed by atoms with E-state index in [1.165, 1.54) is 49.3 Å². The zero-order chi connectivity index (χ0) is 25.8. The molecule has 34 heavy (non-hydrogen) atoms. The van der Waals surface area contributed by atoms with Crippen LogP contribution in [0.1, 0.15) is 45.2 Å². The van der Waals surface area contributed by atoms with Gasteiger partial charge in [0.15, 0.2) is 0 Å². The number of fused-ring (bicyclic) bond motifs is 3. The summed E-state index contributed by atoms with van der Waals surface area (Å²) < 4.78 is 2.36. The van der Waals surface area contributed by atoms with E-state index in [1.807, 2.05) is 19.9 Å². The molecule has 0 radical (unpaired) electrons. The monoisotopic (exact) mass is 469 g/mol. The van der Waals surface area contributed by atoms with Crippen molar-refractivity contribution < 1.29 is 0 Å². The summed E-state index contributed by atoms with van der Waals surface area (Å²) in [4.78, 5) is 0. The van der Waals surface area contributed by atoms with Gasteiger partial charge in [0.2, 0.25) is 0 Å². The molecule has 4 rings (SSSR count). The quantitative estimate of drug-likeness (QED) is 0.214. The smallest absolute Gasteiger partial charge is 0.0494 e. The van der Waals surface area contributed by atoms with Gasteiger partial charge in [-0.25, -0.2) is 0 Å². The van der Waals surface area contributed by atoms with Gasteiger partial charge in [-0.15, -0.1) is 12.8 Å². The highest BCUT2D eigenvalue weighted by atomic mass is 32.1. The second-order valence-electron chi connectivity index (χ2n) is 8.47. The minimum atomic E-state index is 0.629. The van der Waals surface area contributed by atoms with Gasteiger partial charge < -0.3 is 4.57 Å². The first-order chi connectivity index (χ1) is 16.4. The third-order valence-corrected chi connectivity index (χ3v) is 6.09. The summed E-state index contributed by atoms with van der Waals surface area (Å²) in [5.41, 5.74) is 8.03. The highest BCUT2D eigenvalue weighted by molar-refractivity contribution is 7.77. The van der Waals surface area contributed by atoms with E-state index in [0.717, 1.165) is 6.42 Å². The molecule has 1 aliphatic carbocycles. The maximum Gasteiger partial charge on any atom is 0.0494 e. The van der Waals surface area contributed by atoms with E-state index in [9.17, 15) is 0 Å². The fourth-order valence-corrected chi connectivity index (χ4v) is 4.23. The topological polar surface area (TPSA) is 4.93 Å². The van der Waals surface area contributed by atoms with Crippen molar-refractivity contribution in [3.63, 3.8) is 0 Å². The Balaban J connectivity index is 0.000000450. The molecule has 0 bridgehead atoms. The molecule has 0 spiro atoms. The number of hydrogen-bond acceptors (Lipinski definition) is 1. The minimum absolute atomic E-state index is 0.629. The number of allylic oxidation sites excluding steroid dienone is 4. The van der Waals surface area contributed by atoms with Gasteiger partial charge in [-0.2, -0.15) is 0 Å². The van der Waals surface area contributed by atoms with E-state index < -0.39 is 0 Å². The maximum atomic E-state index is 4.00. The minimum Gasteiger partial charge on any atom is -0.344 e. The number of thiocarbonyl (C=S) groups is 1. The molecule has 0 saturated carbocycles. The van der Waals surface area contributed by atoms with Gasteiger partial charge in [0.1, 0.15) is 0 Å². The van der Waals surface area contributed by atoms with Crippen molar-refractivity contribution in [3.8, 4) is 24.0 Å². The summed E-state index contributed by atoms with van der Waals surface area (Å²) in [5, 5.41) is 4.18. The molecule has 2 aromatic carbocycles. The molecule has 1 atom stereocenters. The number of hydrogen-bond donors (Lipinski definition) is 0. The normalized spacial score (nSPS) is 14.3. The van der Waals surface area contributed by atoms with Crippen LogP contribution < -0.4 is 10.6 Å². The van der Waals surface area contributed by atoms with E-state index in [2.05, 4.69) is 131 Å². The molecule has 0 N–H and O–H groups in total. The lowest BCUT2D eigenvalue weighted by Crippen LogP contribution is -2.31. The van der Waals surface area contributed by atoms with Crippen molar-refractivity contribution in [2.75, 3.05) is 0 Å². The van der Waals surface area contributed by atoms with E-state index in [-0.39, 0.29) is 0 Å². The third kappa shape index (κ3) is 6.69. The van der Waals surface area contributed by atoms with Crippen LogP contribution in [0.25, 0.3) is 34.2 Å². The molecule has 2 heteroatoms. The Hall–Kier alpha value is -3.15. The number of aromatic nitrogens is 1. The fourth-order valence-electron chi connectivity index (χ4n) is 4.23. The third-order valence-electron chi connectivity index (χ3n) is 6.09. The highest BCUT2D eigenvalue weighted by Crippen LogP contribution is 2.29. The van der Waals surface area contributed by atoms with E-state index >= 15 is 0 Å². The van der Waals surface area contributed by atoms with Gasteiger partial charge in [-0.3, -0.25) is 0 Å². The van der Waals surface area contributed by atoms with Crippen LogP contribution in [0.5, 0.6) is 0 Å². The molecule has 1 unspecified atom stereocenters. The zero-order valence-electron chi connectivity index (χ0n) is 21.9. The Morgan fingerprint density at radius 3 is 2.26 bits per heavy atom. The van der Waals surface area contributed by atoms with Gasteiger partial charge in [-0.05, 0) is 87.2 Å². The average Bonchev–Trinajstić information content (AvgIpc) is 3.12. The molecule has 1 nitrogen and oxygen atoms in total. The number of aryl methyl sites for hydroxylation is 3. The number of nitrogens with zero attached hydrogens (tertiary/aromatic N) is 1. The molecule has 0 amide bonds. The molecule has 3 aromatic rings. The zero-order valence-corrected chi connectivity index (χ0v) is 22.7. The summed E-state index contributed by atoms with van der Waals surface area (Å²) in [5.74, 6) is 3.46. The Labute approximate surface area is 212 Å². The molecular formula is C32H39NS. The molecule has 0 saturated heterocycles. The first kappa shape index (κ1) is 28.9. The Morgan fingerprint density at radius 2 is 1.71 bits per heavy atom. The van der Waals surface area contributed by atoms with Crippen molar-refractivity contribution in [1.29, 1.82) is 0 Å². The summed E-state index contributed by atoms with van der Waals surface area (Å²) in [6, 6.07) is 13.4. The SMILES string of the molecule is C#C.C/C=C\C(C)=C/C.C=S.Cc1ccccc1-c1cc2c(cc1C)c1c(n2C)=CCC(C)C=1. The molecule has 0 aliphatic heterocycles. The fraction of sp³-hybridized carbons (Fsp3) is 0.281. The van der Waals surface area contributed by atoms with Crippen LogP contribution in [-0.2, 0) is 7.05 Å². The van der Waals surface area contributed by atoms with Crippen LogP contribution >= 0.6 is 12.2 Å². The van der Waals surface area contributed by atoms with Crippen LogP contribution in [0.3, 0.4) is 0 Å². The van der Waals surface area contributed by atoms with Crippen molar-refractivity contribution >= 4 is 41.1 Å². The van der Waals surface area contributed by atoms with Gasteiger partial charge in [-0.1, -0.05) is 79.4 Å². The van der Waals surface area contributed by atoms with Gasteiger partial charge in [0.25, 0.3) is 0 Å². The van der Waals surface area contributed by atoms with Crippen LogP contribution in [0.4, 0.5) is 0 Å². The van der Waals surface area contributed by atoms with Crippen molar-refractivity contribution in [2.24, 2.45) is 13.0 Å². The molecule has 178 valence electrons. The molecule has 0 fully saturated rings. The van der Waals surface area contributed by atoms with Crippen molar-refractivity contribution in [2.45, 2.75) is 48.0 Å². The lowest BCUT2D eigenvalue weighted by Gasteiger charge is -2.10. The van der Waals surface area contributed by atoms with Gasteiger partial charge in [0, 0.05) is 28.5 Å². The Bertz CT molecular complexity index is 1300. The van der Waals surface area contributed by atoms with Crippen molar-refractivity contribution in [1.82, 2.24) is 4.57 Å². The lowest BCUT2D eigenvalue weighted by molar-refractivity contribution is 0.787. The summed E-state index contributed by atoms with van der Waals surface area (Å²) in [6.07, 6.45) is 20.2. The number of rotatable bonds is 2. The second-order valence-corrected chi connectivity index (χ2v) is 8.47. The summed E-state index contributed by atoms with van der Waals surface area (Å²) in [7, 11) is 2.19. The number of benzene rings is 2. The molecular weight excluding hydrogens is 430 g/mol. The average molecular weight is 470 g/mol. The lowest BCUT2D eigenvalue weighted by atomic mass is 9.94.